The smallest absolute Gasteiger partial charge is 0.178 e. The van der Waals surface area contributed by atoms with Gasteiger partial charge in [0.05, 0.1) is 23.6 Å². The van der Waals surface area contributed by atoms with Crippen LogP contribution in [0.5, 0.6) is 0 Å². The van der Waals surface area contributed by atoms with Gasteiger partial charge in [0.25, 0.3) is 0 Å². The maximum absolute atomic E-state index is 11.4. The summed E-state index contributed by atoms with van der Waals surface area (Å²) in [5.74, 6) is -0.0492. The molecular formula is C19H14ClN3O. The van der Waals surface area contributed by atoms with Crippen molar-refractivity contribution in [1.82, 2.24) is 9.55 Å². The number of fused-ring (bicyclic) bond motifs is 3. The second-order valence-electron chi connectivity index (χ2n) is 5.65. The molecule has 1 aliphatic heterocycles. The number of hydrogen-bond donors (Lipinski definition) is 0. The Morgan fingerprint density at radius 1 is 1.17 bits per heavy atom. The lowest BCUT2D eigenvalue weighted by atomic mass is 10.1. The molecule has 4 rings (SSSR count). The number of nitrogens with zero attached hydrogens (tertiary/aromatic N) is 3. The van der Waals surface area contributed by atoms with Gasteiger partial charge in [-0.25, -0.2) is 0 Å². The Bertz CT molecular complexity index is 971. The highest BCUT2D eigenvalue weighted by Crippen LogP contribution is 2.29. The molecule has 0 spiro atoms. The lowest BCUT2D eigenvalue weighted by molar-refractivity contribution is 0.101. The first-order valence-corrected chi connectivity index (χ1v) is 8.00. The van der Waals surface area contributed by atoms with Gasteiger partial charge in [0.1, 0.15) is 5.69 Å². The van der Waals surface area contributed by atoms with Gasteiger partial charge in [-0.15, -0.1) is 0 Å². The quantitative estimate of drug-likeness (QED) is 0.662. The van der Waals surface area contributed by atoms with Crippen LogP contribution in [-0.4, -0.2) is 21.0 Å². The van der Waals surface area contributed by atoms with E-state index in [0.29, 0.717) is 17.3 Å². The summed E-state index contributed by atoms with van der Waals surface area (Å²) in [6, 6.07) is 13.5. The minimum absolute atomic E-state index is 0.0492. The Labute approximate surface area is 144 Å². The number of hydrogen-bond acceptors (Lipinski definition) is 3. The first-order chi connectivity index (χ1) is 11.6. The van der Waals surface area contributed by atoms with Crippen LogP contribution < -0.4 is 0 Å². The highest BCUT2D eigenvalue weighted by molar-refractivity contribution is 6.31. The molecule has 5 heteroatoms. The maximum atomic E-state index is 11.4. The second kappa shape index (κ2) is 5.73. The van der Waals surface area contributed by atoms with E-state index in [-0.39, 0.29) is 5.78 Å². The van der Waals surface area contributed by atoms with E-state index in [1.54, 1.807) is 12.3 Å². The maximum Gasteiger partial charge on any atom is 0.178 e. The predicted molar refractivity (Wildman–Crippen MR) is 94.4 cm³/mol. The van der Waals surface area contributed by atoms with Crippen LogP contribution in [0.25, 0.3) is 5.69 Å². The summed E-state index contributed by atoms with van der Waals surface area (Å²) >= 11 is 6.37. The monoisotopic (exact) mass is 335 g/mol. The number of carbonyl (C=O) groups is 1. The van der Waals surface area contributed by atoms with Crippen LogP contribution in [0.2, 0.25) is 5.02 Å². The standard InChI is InChI=1S/C19H14ClN3O/c1-12(24)16-8-7-13(10-21-16)19-18-6-3-9-23(18)17-5-2-4-15(20)14(17)11-22-19/h2-10H,11H2,1H3. The molecule has 118 valence electrons. The Kier molecular flexibility index (Phi) is 3.54. The molecule has 2 aromatic heterocycles. The third-order valence-electron chi connectivity index (χ3n) is 4.14. The molecule has 24 heavy (non-hydrogen) atoms. The van der Waals surface area contributed by atoms with Crippen LogP contribution >= 0.6 is 11.6 Å². The molecule has 0 amide bonds. The van der Waals surface area contributed by atoms with Crippen molar-refractivity contribution in [2.24, 2.45) is 4.99 Å². The number of aromatic nitrogens is 2. The first-order valence-electron chi connectivity index (χ1n) is 7.62. The van der Waals surface area contributed by atoms with Crippen molar-refractivity contribution in [2.75, 3.05) is 0 Å². The molecule has 3 heterocycles. The number of Topliss-reactive ketones (excluding diaryl/α,β-unsaturated/α-hetero) is 1. The second-order valence-corrected chi connectivity index (χ2v) is 6.06. The van der Waals surface area contributed by atoms with E-state index in [1.165, 1.54) is 6.92 Å². The number of rotatable bonds is 2. The van der Waals surface area contributed by atoms with Gasteiger partial charge in [-0.2, -0.15) is 0 Å². The van der Waals surface area contributed by atoms with Crippen LogP contribution in [0.4, 0.5) is 0 Å². The predicted octanol–water partition coefficient (Wildman–Crippen LogP) is 4.08. The molecule has 3 aromatic rings. The third kappa shape index (κ3) is 2.36. The average Bonchev–Trinajstić information content (AvgIpc) is 3.00. The minimum atomic E-state index is -0.0492. The normalized spacial score (nSPS) is 12.8. The Hall–Kier alpha value is -2.72. The van der Waals surface area contributed by atoms with Crippen LogP contribution in [0.15, 0.2) is 59.9 Å². The Morgan fingerprint density at radius 3 is 2.79 bits per heavy atom. The van der Waals surface area contributed by atoms with Crippen LogP contribution in [0, 0.1) is 0 Å². The Balaban J connectivity index is 1.87. The van der Waals surface area contributed by atoms with Crippen LogP contribution in [-0.2, 0) is 6.54 Å². The van der Waals surface area contributed by atoms with Crippen molar-refractivity contribution in [3.05, 3.63) is 82.4 Å². The molecular weight excluding hydrogens is 322 g/mol. The summed E-state index contributed by atoms with van der Waals surface area (Å²) in [7, 11) is 0. The van der Waals surface area contributed by atoms with E-state index in [1.807, 2.05) is 42.6 Å². The largest absolute Gasteiger partial charge is 0.315 e. The van der Waals surface area contributed by atoms with Gasteiger partial charge >= 0.3 is 0 Å². The van der Waals surface area contributed by atoms with Crippen molar-refractivity contribution in [3.8, 4) is 5.69 Å². The molecule has 1 aliphatic rings. The lowest BCUT2D eigenvalue weighted by Crippen LogP contribution is -2.09. The summed E-state index contributed by atoms with van der Waals surface area (Å²) in [6.07, 6.45) is 3.70. The van der Waals surface area contributed by atoms with Gasteiger partial charge in [-0.3, -0.25) is 14.8 Å². The molecule has 0 fully saturated rings. The third-order valence-corrected chi connectivity index (χ3v) is 4.49. The summed E-state index contributed by atoms with van der Waals surface area (Å²) < 4.78 is 2.09. The van der Waals surface area contributed by atoms with E-state index in [2.05, 4.69) is 9.55 Å². The highest BCUT2D eigenvalue weighted by Gasteiger charge is 2.19. The number of halogens is 1. The number of benzene rings is 1. The van der Waals surface area contributed by atoms with Crippen molar-refractivity contribution >= 4 is 23.1 Å². The number of aliphatic imine (C=N–C) groups is 1. The van der Waals surface area contributed by atoms with E-state index in [0.717, 1.165) is 28.2 Å². The van der Waals surface area contributed by atoms with Crippen LogP contribution in [0.3, 0.4) is 0 Å². The molecule has 0 saturated carbocycles. The fourth-order valence-electron chi connectivity index (χ4n) is 2.93. The zero-order valence-corrected chi connectivity index (χ0v) is 13.8. The van der Waals surface area contributed by atoms with Crippen molar-refractivity contribution in [3.63, 3.8) is 0 Å². The summed E-state index contributed by atoms with van der Waals surface area (Å²) in [5, 5.41) is 0.710. The summed E-state index contributed by atoms with van der Waals surface area (Å²) in [5.41, 5.74) is 5.19. The van der Waals surface area contributed by atoms with Gasteiger partial charge in [-0.1, -0.05) is 17.7 Å². The topological polar surface area (TPSA) is 47.2 Å². The van der Waals surface area contributed by atoms with E-state index in [4.69, 9.17) is 16.6 Å². The number of ketones is 1. The SMILES string of the molecule is CC(=O)c1ccc(C2=NCc3c(Cl)cccc3-n3cccc32)cn1. The van der Waals surface area contributed by atoms with E-state index < -0.39 is 0 Å². The highest BCUT2D eigenvalue weighted by atomic mass is 35.5. The molecule has 0 aliphatic carbocycles. The summed E-state index contributed by atoms with van der Waals surface area (Å²) in [6.45, 7) is 2.01. The van der Waals surface area contributed by atoms with Gasteiger partial charge < -0.3 is 4.57 Å². The number of pyridine rings is 1. The average molecular weight is 336 g/mol. The van der Waals surface area contributed by atoms with E-state index in [9.17, 15) is 4.79 Å². The molecule has 0 saturated heterocycles. The molecule has 0 atom stereocenters. The minimum Gasteiger partial charge on any atom is -0.315 e. The Morgan fingerprint density at radius 2 is 2.04 bits per heavy atom. The van der Waals surface area contributed by atoms with Gasteiger partial charge in [0.2, 0.25) is 0 Å². The number of carbonyl (C=O) groups excluding carboxylic acids is 1. The molecule has 0 radical (unpaired) electrons. The van der Waals surface area contributed by atoms with Crippen molar-refractivity contribution in [2.45, 2.75) is 13.5 Å². The van der Waals surface area contributed by atoms with Gasteiger partial charge in [-0.05, 0) is 36.4 Å². The zero-order valence-electron chi connectivity index (χ0n) is 13.0. The lowest BCUT2D eigenvalue weighted by Gasteiger charge is -2.11. The fraction of sp³-hybridized carbons (Fsp3) is 0.105. The van der Waals surface area contributed by atoms with Crippen molar-refractivity contribution < 1.29 is 4.79 Å². The van der Waals surface area contributed by atoms with Gasteiger partial charge in [0, 0.05) is 35.5 Å². The molecule has 0 bridgehead atoms. The molecule has 4 nitrogen and oxygen atoms in total. The van der Waals surface area contributed by atoms with Gasteiger partial charge in [0.15, 0.2) is 5.78 Å². The molecule has 0 unspecified atom stereocenters. The molecule has 1 aromatic carbocycles. The van der Waals surface area contributed by atoms with E-state index >= 15 is 0 Å². The van der Waals surface area contributed by atoms with Crippen LogP contribution in [0.1, 0.15) is 34.2 Å². The van der Waals surface area contributed by atoms with Crippen molar-refractivity contribution in [1.29, 1.82) is 0 Å². The fourth-order valence-corrected chi connectivity index (χ4v) is 3.16. The summed E-state index contributed by atoms with van der Waals surface area (Å²) in [4.78, 5) is 20.4. The first kappa shape index (κ1) is 14.8. The molecule has 0 N–H and O–H groups in total. The zero-order chi connectivity index (χ0) is 16.7.